The molecule has 0 fully saturated rings. The van der Waals surface area contributed by atoms with Gasteiger partial charge in [-0.3, -0.25) is 4.79 Å². The minimum atomic E-state index is -0.894. The molecule has 1 amide bonds. The lowest BCUT2D eigenvalue weighted by atomic mass is 9.94. The van der Waals surface area contributed by atoms with Gasteiger partial charge in [-0.1, -0.05) is 38.6 Å². The summed E-state index contributed by atoms with van der Waals surface area (Å²) in [6.45, 7) is 10.2. The number of carbonyl (C=O) groups is 1. The molecule has 1 N–H and O–H groups in total. The van der Waals surface area contributed by atoms with E-state index in [-0.39, 0.29) is 12.5 Å². The van der Waals surface area contributed by atoms with Gasteiger partial charge in [0, 0.05) is 16.8 Å². The van der Waals surface area contributed by atoms with Crippen LogP contribution in [0.15, 0.2) is 30.8 Å². The van der Waals surface area contributed by atoms with Crippen LogP contribution in [-0.4, -0.2) is 28.1 Å². The van der Waals surface area contributed by atoms with Gasteiger partial charge in [0.1, 0.15) is 0 Å². The SMILES string of the molecule is C=C1c2ccccc2C(=O)N1CC(C)(O)CC(C)C. The smallest absolute Gasteiger partial charge is 0.259 e. The molecule has 1 heterocycles. The highest BCUT2D eigenvalue weighted by atomic mass is 16.3. The minimum absolute atomic E-state index is 0.0652. The zero-order valence-corrected chi connectivity index (χ0v) is 11.8. The van der Waals surface area contributed by atoms with Gasteiger partial charge in [-0.05, 0) is 25.3 Å². The highest BCUT2D eigenvalue weighted by molar-refractivity contribution is 6.08. The highest BCUT2D eigenvalue weighted by Crippen LogP contribution is 2.33. The topological polar surface area (TPSA) is 40.5 Å². The molecule has 102 valence electrons. The highest BCUT2D eigenvalue weighted by Gasteiger charge is 2.35. The first kappa shape index (κ1) is 13.8. The van der Waals surface area contributed by atoms with Crippen LogP contribution in [0.3, 0.4) is 0 Å². The lowest BCUT2D eigenvalue weighted by molar-refractivity contribution is 0.0168. The van der Waals surface area contributed by atoms with Crippen molar-refractivity contribution in [3.63, 3.8) is 0 Å². The molecule has 3 nitrogen and oxygen atoms in total. The third kappa shape index (κ3) is 2.71. The Labute approximate surface area is 114 Å². The van der Waals surface area contributed by atoms with Crippen LogP contribution in [0.25, 0.3) is 5.70 Å². The summed E-state index contributed by atoms with van der Waals surface area (Å²) in [5.74, 6) is 0.313. The van der Waals surface area contributed by atoms with Crippen LogP contribution in [0, 0.1) is 5.92 Å². The Morgan fingerprint density at radius 2 is 1.89 bits per heavy atom. The lowest BCUT2D eigenvalue weighted by Crippen LogP contribution is -2.41. The van der Waals surface area contributed by atoms with Gasteiger partial charge in [0.05, 0.1) is 12.1 Å². The van der Waals surface area contributed by atoms with E-state index < -0.39 is 5.60 Å². The molecule has 3 heteroatoms. The maximum absolute atomic E-state index is 12.3. The Balaban J connectivity index is 2.21. The first-order chi connectivity index (χ1) is 8.82. The molecule has 1 aliphatic heterocycles. The van der Waals surface area contributed by atoms with Gasteiger partial charge in [0.2, 0.25) is 0 Å². The number of benzene rings is 1. The second-order valence-electron chi connectivity index (χ2n) is 5.98. The van der Waals surface area contributed by atoms with Gasteiger partial charge < -0.3 is 10.0 Å². The number of rotatable bonds is 4. The lowest BCUT2D eigenvalue weighted by Gasteiger charge is -2.30. The van der Waals surface area contributed by atoms with Crippen LogP contribution in [0.5, 0.6) is 0 Å². The Kier molecular flexibility index (Phi) is 3.50. The summed E-state index contributed by atoms with van der Waals surface area (Å²) in [6, 6.07) is 7.44. The Morgan fingerprint density at radius 1 is 1.32 bits per heavy atom. The Hall–Kier alpha value is -1.61. The summed E-state index contributed by atoms with van der Waals surface area (Å²) in [5, 5.41) is 10.4. The number of amides is 1. The standard InChI is InChI=1S/C16H21NO2/c1-11(2)9-16(4,19)10-17-12(3)13-7-5-6-8-14(13)15(17)18/h5-8,11,19H,3,9-10H2,1-2,4H3. The largest absolute Gasteiger partial charge is 0.388 e. The molecule has 0 saturated carbocycles. The summed E-state index contributed by atoms with van der Waals surface area (Å²) >= 11 is 0. The van der Waals surface area contributed by atoms with Crippen molar-refractivity contribution in [3.05, 3.63) is 42.0 Å². The Morgan fingerprint density at radius 3 is 2.42 bits per heavy atom. The number of carbonyl (C=O) groups excluding carboxylic acids is 1. The summed E-state index contributed by atoms with van der Waals surface area (Å²) < 4.78 is 0. The van der Waals surface area contributed by atoms with Gasteiger partial charge in [-0.15, -0.1) is 0 Å². The van der Waals surface area contributed by atoms with Crippen LogP contribution < -0.4 is 0 Å². The van der Waals surface area contributed by atoms with Gasteiger partial charge in [-0.25, -0.2) is 0 Å². The van der Waals surface area contributed by atoms with E-state index in [2.05, 4.69) is 20.4 Å². The summed E-state index contributed by atoms with van der Waals surface area (Å²) in [5.41, 5.74) is 1.33. The normalized spacial score (nSPS) is 17.8. The molecule has 1 atom stereocenters. The predicted octanol–water partition coefficient (Wildman–Crippen LogP) is 2.91. The molecule has 0 saturated heterocycles. The zero-order valence-electron chi connectivity index (χ0n) is 11.8. The van der Waals surface area contributed by atoms with Crippen molar-refractivity contribution >= 4 is 11.6 Å². The number of aliphatic hydroxyl groups is 1. The van der Waals surface area contributed by atoms with Gasteiger partial charge in [0.15, 0.2) is 0 Å². The van der Waals surface area contributed by atoms with Gasteiger partial charge in [-0.2, -0.15) is 0 Å². The summed E-state index contributed by atoms with van der Waals surface area (Å²) in [6.07, 6.45) is 0.653. The van der Waals surface area contributed by atoms with E-state index in [4.69, 9.17) is 0 Å². The molecule has 0 spiro atoms. The summed E-state index contributed by atoms with van der Waals surface area (Å²) in [4.78, 5) is 13.9. The van der Waals surface area contributed by atoms with Crippen molar-refractivity contribution in [3.8, 4) is 0 Å². The Bertz CT molecular complexity index is 482. The van der Waals surface area contributed by atoms with E-state index in [9.17, 15) is 9.90 Å². The number of nitrogens with zero attached hydrogens (tertiary/aromatic N) is 1. The fraction of sp³-hybridized carbons (Fsp3) is 0.438. The van der Waals surface area contributed by atoms with E-state index in [1.54, 1.807) is 17.9 Å². The van der Waals surface area contributed by atoms with E-state index in [1.165, 1.54) is 0 Å². The predicted molar refractivity (Wildman–Crippen MR) is 76.6 cm³/mol. The zero-order chi connectivity index (χ0) is 14.2. The number of hydrogen-bond acceptors (Lipinski definition) is 2. The molecule has 1 aromatic carbocycles. The molecule has 0 aliphatic carbocycles. The van der Waals surface area contributed by atoms with E-state index in [1.807, 2.05) is 18.2 Å². The van der Waals surface area contributed by atoms with E-state index >= 15 is 0 Å². The molecule has 0 aromatic heterocycles. The third-order valence-electron chi connectivity index (χ3n) is 3.39. The maximum atomic E-state index is 12.3. The van der Waals surface area contributed by atoms with Crippen LogP contribution >= 0.6 is 0 Å². The quantitative estimate of drug-likeness (QED) is 0.903. The third-order valence-corrected chi connectivity index (χ3v) is 3.39. The maximum Gasteiger partial charge on any atom is 0.259 e. The molecule has 0 radical (unpaired) electrons. The first-order valence-corrected chi connectivity index (χ1v) is 6.64. The van der Waals surface area contributed by atoms with E-state index in [0.29, 0.717) is 23.6 Å². The van der Waals surface area contributed by atoms with Crippen molar-refractivity contribution < 1.29 is 9.90 Å². The van der Waals surface area contributed by atoms with Crippen molar-refractivity contribution in [2.45, 2.75) is 32.8 Å². The molecule has 1 aliphatic rings. The van der Waals surface area contributed by atoms with Crippen LogP contribution in [-0.2, 0) is 0 Å². The molecule has 0 bridgehead atoms. The van der Waals surface area contributed by atoms with Crippen molar-refractivity contribution in [1.82, 2.24) is 4.90 Å². The first-order valence-electron chi connectivity index (χ1n) is 6.64. The van der Waals surface area contributed by atoms with Gasteiger partial charge >= 0.3 is 0 Å². The number of β-amino-alcohol motifs (C(OH)–C–C–N with tert-alkyl or cyclic N) is 1. The van der Waals surface area contributed by atoms with Crippen LogP contribution in [0.4, 0.5) is 0 Å². The van der Waals surface area contributed by atoms with E-state index in [0.717, 1.165) is 5.56 Å². The molecule has 1 unspecified atom stereocenters. The number of fused-ring (bicyclic) bond motifs is 1. The summed E-state index contributed by atoms with van der Waals surface area (Å²) in [7, 11) is 0. The number of hydrogen-bond donors (Lipinski definition) is 1. The van der Waals surface area contributed by atoms with Crippen molar-refractivity contribution in [2.24, 2.45) is 5.92 Å². The average molecular weight is 259 g/mol. The second kappa shape index (κ2) is 4.82. The fourth-order valence-corrected chi connectivity index (χ4v) is 2.79. The average Bonchev–Trinajstić information content (AvgIpc) is 2.53. The molecule has 2 rings (SSSR count). The van der Waals surface area contributed by atoms with Crippen molar-refractivity contribution in [1.29, 1.82) is 0 Å². The minimum Gasteiger partial charge on any atom is -0.388 e. The molecular formula is C16H21NO2. The fourth-order valence-electron chi connectivity index (χ4n) is 2.79. The second-order valence-corrected chi connectivity index (χ2v) is 5.98. The van der Waals surface area contributed by atoms with Crippen LogP contribution in [0.1, 0.15) is 43.1 Å². The monoisotopic (exact) mass is 259 g/mol. The molecular weight excluding hydrogens is 238 g/mol. The van der Waals surface area contributed by atoms with Crippen LogP contribution in [0.2, 0.25) is 0 Å². The van der Waals surface area contributed by atoms with Crippen molar-refractivity contribution in [2.75, 3.05) is 6.54 Å². The molecule has 1 aromatic rings. The molecule has 19 heavy (non-hydrogen) atoms. The van der Waals surface area contributed by atoms with Gasteiger partial charge in [0.25, 0.3) is 5.91 Å².